The molecule has 0 aliphatic carbocycles. The van der Waals surface area contributed by atoms with E-state index in [1.807, 2.05) is 0 Å². The van der Waals surface area contributed by atoms with Crippen molar-refractivity contribution in [1.82, 2.24) is 10.2 Å². The molecule has 3 nitrogen and oxygen atoms in total. The molecule has 0 aliphatic rings. The molecule has 0 bridgehead atoms. The van der Waals surface area contributed by atoms with Crippen LogP contribution in [0, 0.1) is 12.3 Å². The van der Waals surface area contributed by atoms with Crippen LogP contribution in [-0.4, -0.2) is 16.5 Å². The number of carbonyl (C=O) groups is 1. The molecule has 0 fully saturated rings. The van der Waals surface area contributed by atoms with E-state index in [1.54, 1.807) is 18.2 Å². The number of aldehydes is 1. The second-order valence-corrected chi connectivity index (χ2v) is 2.63. The van der Waals surface area contributed by atoms with E-state index in [9.17, 15) is 4.79 Å². The van der Waals surface area contributed by atoms with Gasteiger partial charge in [-0.1, -0.05) is 5.92 Å². The van der Waals surface area contributed by atoms with Crippen LogP contribution in [0.15, 0.2) is 18.2 Å². The van der Waals surface area contributed by atoms with Gasteiger partial charge in [0, 0.05) is 10.9 Å². The molecule has 3 heteroatoms. The second kappa shape index (κ2) is 2.76. The number of fused-ring (bicyclic) bond motifs is 1. The van der Waals surface area contributed by atoms with Crippen LogP contribution in [0.4, 0.5) is 0 Å². The van der Waals surface area contributed by atoms with Crippen molar-refractivity contribution < 1.29 is 4.79 Å². The van der Waals surface area contributed by atoms with Crippen molar-refractivity contribution in [2.24, 2.45) is 0 Å². The van der Waals surface area contributed by atoms with E-state index in [1.165, 1.54) is 0 Å². The van der Waals surface area contributed by atoms with Gasteiger partial charge in [-0.15, -0.1) is 6.42 Å². The van der Waals surface area contributed by atoms with E-state index in [-0.39, 0.29) is 0 Å². The highest BCUT2D eigenvalue weighted by atomic mass is 16.1. The summed E-state index contributed by atoms with van der Waals surface area (Å²) in [5.41, 5.74) is 1.96. The minimum atomic E-state index is 0.465. The van der Waals surface area contributed by atoms with Crippen LogP contribution in [0.2, 0.25) is 0 Å². The number of aromatic amines is 1. The summed E-state index contributed by atoms with van der Waals surface area (Å²) in [4.78, 5) is 10.6. The summed E-state index contributed by atoms with van der Waals surface area (Å²) >= 11 is 0. The molecule has 0 saturated heterocycles. The predicted octanol–water partition coefficient (Wildman–Crippen LogP) is 1.36. The van der Waals surface area contributed by atoms with Crippen LogP contribution in [0.25, 0.3) is 10.9 Å². The molecule has 1 N–H and O–H groups in total. The molecule has 1 aromatic carbocycles. The third-order valence-electron chi connectivity index (χ3n) is 1.87. The highest BCUT2D eigenvalue weighted by Crippen LogP contribution is 2.15. The Hall–Kier alpha value is -2.08. The van der Waals surface area contributed by atoms with Gasteiger partial charge in [-0.3, -0.25) is 9.89 Å². The van der Waals surface area contributed by atoms with Gasteiger partial charge in [-0.2, -0.15) is 5.10 Å². The first kappa shape index (κ1) is 7.56. The Morgan fingerprint density at radius 1 is 1.54 bits per heavy atom. The number of aromatic nitrogens is 2. The van der Waals surface area contributed by atoms with Gasteiger partial charge >= 0.3 is 0 Å². The zero-order valence-corrected chi connectivity index (χ0v) is 6.74. The fourth-order valence-corrected chi connectivity index (χ4v) is 1.21. The fraction of sp³-hybridized carbons (Fsp3) is 0. The van der Waals surface area contributed by atoms with Gasteiger partial charge in [0.1, 0.15) is 5.69 Å². The van der Waals surface area contributed by atoms with Crippen LogP contribution in [-0.2, 0) is 0 Å². The van der Waals surface area contributed by atoms with Crippen molar-refractivity contribution in [2.75, 3.05) is 0 Å². The van der Waals surface area contributed by atoms with Crippen molar-refractivity contribution in [3.8, 4) is 12.3 Å². The highest BCUT2D eigenvalue weighted by molar-refractivity contribution is 5.95. The molecule has 0 saturated carbocycles. The number of nitrogens with zero attached hydrogens (tertiary/aromatic N) is 1. The molecule has 0 unspecified atom stereocenters. The summed E-state index contributed by atoms with van der Waals surface area (Å²) in [6.45, 7) is 0. The smallest absolute Gasteiger partial charge is 0.168 e. The molecule has 0 aliphatic heterocycles. The Balaban J connectivity index is 2.80. The topological polar surface area (TPSA) is 45.8 Å². The molecular formula is C10H6N2O. The maximum absolute atomic E-state index is 10.6. The van der Waals surface area contributed by atoms with Crippen LogP contribution in [0.3, 0.4) is 0 Å². The number of carbonyl (C=O) groups excluding carboxylic acids is 1. The van der Waals surface area contributed by atoms with Crippen LogP contribution < -0.4 is 0 Å². The fourth-order valence-electron chi connectivity index (χ4n) is 1.21. The normalized spacial score (nSPS) is 9.77. The Labute approximate surface area is 74.8 Å². The lowest BCUT2D eigenvalue weighted by Crippen LogP contribution is -1.79. The van der Waals surface area contributed by atoms with Gasteiger partial charge in [0.2, 0.25) is 0 Å². The molecule has 0 radical (unpaired) electrons. The quantitative estimate of drug-likeness (QED) is 0.518. The van der Waals surface area contributed by atoms with Crippen molar-refractivity contribution in [3.05, 3.63) is 29.5 Å². The summed E-state index contributed by atoms with van der Waals surface area (Å²) in [5, 5.41) is 7.34. The average Bonchev–Trinajstić information content (AvgIpc) is 2.59. The molecule has 1 heterocycles. The van der Waals surface area contributed by atoms with Gasteiger partial charge in [-0.05, 0) is 18.2 Å². The molecule has 13 heavy (non-hydrogen) atoms. The monoisotopic (exact) mass is 170 g/mol. The van der Waals surface area contributed by atoms with E-state index >= 15 is 0 Å². The Kier molecular flexibility index (Phi) is 1.60. The number of terminal acetylenes is 1. The number of hydrogen-bond donors (Lipinski definition) is 1. The van der Waals surface area contributed by atoms with Crippen molar-refractivity contribution in [2.45, 2.75) is 0 Å². The van der Waals surface area contributed by atoms with Gasteiger partial charge in [0.05, 0.1) is 5.52 Å². The lowest BCUT2D eigenvalue weighted by atomic mass is 10.1. The minimum Gasteiger partial charge on any atom is -0.296 e. The first-order valence-electron chi connectivity index (χ1n) is 3.75. The van der Waals surface area contributed by atoms with E-state index < -0.39 is 0 Å². The van der Waals surface area contributed by atoms with E-state index in [4.69, 9.17) is 6.42 Å². The molecular weight excluding hydrogens is 164 g/mol. The molecule has 62 valence electrons. The average molecular weight is 170 g/mol. The zero-order valence-electron chi connectivity index (χ0n) is 6.74. The van der Waals surface area contributed by atoms with Crippen molar-refractivity contribution >= 4 is 17.2 Å². The zero-order chi connectivity index (χ0) is 9.26. The van der Waals surface area contributed by atoms with E-state index in [2.05, 4.69) is 16.1 Å². The molecule has 0 amide bonds. The van der Waals surface area contributed by atoms with Gasteiger partial charge in [0.15, 0.2) is 6.29 Å². The number of benzene rings is 1. The lowest BCUT2D eigenvalue weighted by molar-refractivity contribution is 0.112. The summed E-state index contributed by atoms with van der Waals surface area (Å²) in [5.74, 6) is 2.50. The van der Waals surface area contributed by atoms with Crippen LogP contribution in [0.1, 0.15) is 16.1 Å². The number of rotatable bonds is 1. The van der Waals surface area contributed by atoms with Crippen molar-refractivity contribution in [3.63, 3.8) is 0 Å². The summed E-state index contributed by atoms with van der Waals surface area (Å²) < 4.78 is 0. The predicted molar refractivity (Wildman–Crippen MR) is 49.4 cm³/mol. The Bertz CT molecular complexity index is 505. The van der Waals surface area contributed by atoms with Crippen molar-refractivity contribution in [1.29, 1.82) is 0 Å². The number of H-pyrrole nitrogens is 1. The standard InChI is InChI=1S/C10H6N2O/c1-2-7-3-4-9-8(5-7)10(6-13)12-11-9/h1,3-6H,(H,11,12). The van der Waals surface area contributed by atoms with E-state index in [0.717, 1.165) is 22.8 Å². The van der Waals surface area contributed by atoms with Gasteiger partial charge in [-0.25, -0.2) is 0 Å². The first-order chi connectivity index (χ1) is 6.35. The second-order valence-electron chi connectivity index (χ2n) is 2.63. The third kappa shape index (κ3) is 1.09. The minimum absolute atomic E-state index is 0.465. The van der Waals surface area contributed by atoms with E-state index in [0.29, 0.717) is 5.69 Å². The maximum Gasteiger partial charge on any atom is 0.168 e. The molecule has 0 atom stereocenters. The Morgan fingerprint density at radius 2 is 2.38 bits per heavy atom. The largest absolute Gasteiger partial charge is 0.296 e. The SMILES string of the molecule is C#Cc1ccc2n[nH]c(C=O)c2c1. The summed E-state index contributed by atoms with van der Waals surface area (Å²) in [6, 6.07) is 5.34. The van der Waals surface area contributed by atoms with Crippen LogP contribution >= 0.6 is 0 Å². The summed E-state index contributed by atoms with van der Waals surface area (Å²) in [6.07, 6.45) is 5.96. The highest BCUT2D eigenvalue weighted by Gasteiger charge is 2.03. The Morgan fingerprint density at radius 3 is 3.08 bits per heavy atom. The van der Waals surface area contributed by atoms with Gasteiger partial charge in [0.25, 0.3) is 0 Å². The molecule has 1 aromatic heterocycles. The maximum atomic E-state index is 10.6. The first-order valence-corrected chi connectivity index (χ1v) is 3.75. The molecule has 0 spiro atoms. The molecule has 2 rings (SSSR count). The summed E-state index contributed by atoms with van der Waals surface area (Å²) in [7, 11) is 0. The number of hydrogen-bond acceptors (Lipinski definition) is 2. The van der Waals surface area contributed by atoms with Crippen LogP contribution in [0.5, 0.6) is 0 Å². The molecule has 2 aromatic rings. The lowest BCUT2D eigenvalue weighted by Gasteiger charge is -1.90. The number of nitrogens with one attached hydrogen (secondary N) is 1. The van der Waals surface area contributed by atoms with Gasteiger partial charge < -0.3 is 0 Å². The third-order valence-corrected chi connectivity index (χ3v) is 1.87.